The van der Waals surface area contributed by atoms with Crippen LogP contribution in [0.3, 0.4) is 0 Å². The molecule has 0 saturated carbocycles. The van der Waals surface area contributed by atoms with Crippen LogP contribution < -0.4 is 5.32 Å². The summed E-state index contributed by atoms with van der Waals surface area (Å²) in [5.41, 5.74) is -0.955. The van der Waals surface area contributed by atoms with Crippen LogP contribution in [0, 0.1) is 0 Å². The zero-order chi connectivity index (χ0) is 21.1. The van der Waals surface area contributed by atoms with Crippen LogP contribution in [0.25, 0.3) is 0 Å². The smallest absolute Gasteiger partial charge is 0.331 e. The second-order valence-electron chi connectivity index (χ2n) is 7.06. The maximum absolute atomic E-state index is 12.9. The Morgan fingerprint density at radius 1 is 1.29 bits per heavy atom. The SMILES string of the molecule is CN(C)C(=O)N(C)C1CCCN(CC(=O)Nc2cc(C(F)(F)F)ccc2Cl)C1. The lowest BCUT2D eigenvalue weighted by Crippen LogP contribution is -2.52. The van der Waals surface area contributed by atoms with Crippen molar-refractivity contribution in [3.63, 3.8) is 0 Å². The number of rotatable bonds is 4. The Balaban J connectivity index is 1.99. The molecular formula is C18H24ClF3N4O2. The van der Waals surface area contributed by atoms with Crippen molar-refractivity contribution < 1.29 is 22.8 Å². The fourth-order valence-electron chi connectivity index (χ4n) is 3.15. The molecule has 2 rings (SSSR count). The van der Waals surface area contributed by atoms with Gasteiger partial charge in [-0.25, -0.2) is 4.79 Å². The lowest BCUT2D eigenvalue weighted by Gasteiger charge is -2.38. The Morgan fingerprint density at radius 2 is 1.96 bits per heavy atom. The van der Waals surface area contributed by atoms with Crippen molar-refractivity contribution >= 4 is 29.2 Å². The van der Waals surface area contributed by atoms with Crippen LogP contribution in [0.5, 0.6) is 0 Å². The molecule has 0 spiro atoms. The molecule has 6 nitrogen and oxygen atoms in total. The first kappa shape index (κ1) is 22.3. The fraction of sp³-hybridized carbons (Fsp3) is 0.556. The molecule has 1 aromatic rings. The zero-order valence-electron chi connectivity index (χ0n) is 16.0. The number of likely N-dealkylation sites (tertiary alicyclic amines) is 1. The standard InChI is InChI=1S/C18H24ClF3N4O2/c1-24(2)17(28)25(3)13-5-4-8-26(10-13)11-16(27)23-15-9-12(18(20,21)22)6-7-14(15)19/h6-7,9,13H,4-5,8,10-11H2,1-3H3,(H,23,27). The Kier molecular flexibility index (Phi) is 7.16. The molecule has 1 saturated heterocycles. The highest BCUT2D eigenvalue weighted by Gasteiger charge is 2.31. The highest BCUT2D eigenvalue weighted by atomic mass is 35.5. The third-order valence-corrected chi connectivity index (χ3v) is 4.98. The highest BCUT2D eigenvalue weighted by molar-refractivity contribution is 6.33. The number of hydrogen-bond acceptors (Lipinski definition) is 3. The van der Waals surface area contributed by atoms with E-state index in [0.717, 1.165) is 31.0 Å². The number of anilines is 1. The molecule has 1 aliphatic rings. The molecule has 0 radical (unpaired) electrons. The Labute approximate surface area is 167 Å². The summed E-state index contributed by atoms with van der Waals surface area (Å²) in [6, 6.07) is 2.65. The lowest BCUT2D eigenvalue weighted by atomic mass is 10.0. The monoisotopic (exact) mass is 420 g/mol. The van der Waals surface area contributed by atoms with Gasteiger partial charge in [0.2, 0.25) is 5.91 Å². The number of likely N-dealkylation sites (N-methyl/N-ethyl adjacent to an activating group) is 1. The van der Waals surface area contributed by atoms with Crippen molar-refractivity contribution in [2.75, 3.05) is 46.1 Å². The van der Waals surface area contributed by atoms with Gasteiger partial charge < -0.3 is 15.1 Å². The van der Waals surface area contributed by atoms with Crippen LogP contribution in [0.1, 0.15) is 18.4 Å². The van der Waals surface area contributed by atoms with E-state index in [4.69, 9.17) is 11.6 Å². The van der Waals surface area contributed by atoms with E-state index in [-0.39, 0.29) is 29.3 Å². The number of nitrogens with one attached hydrogen (secondary N) is 1. The zero-order valence-corrected chi connectivity index (χ0v) is 16.8. The topological polar surface area (TPSA) is 55.9 Å². The summed E-state index contributed by atoms with van der Waals surface area (Å²) in [7, 11) is 5.07. The van der Waals surface area contributed by atoms with Crippen molar-refractivity contribution in [2.24, 2.45) is 0 Å². The lowest BCUT2D eigenvalue weighted by molar-refractivity contribution is -0.137. The van der Waals surface area contributed by atoms with E-state index in [1.54, 1.807) is 26.0 Å². The first-order chi connectivity index (χ1) is 13.0. The van der Waals surface area contributed by atoms with Crippen LogP contribution in [-0.2, 0) is 11.0 Å². The number of piperidine rings is 1. The molecule has 0 bridgehead atoms. The molecule has 1 aromatic carbocycles. The van der Waals surface area contributed by atoms with Crippen molar-refractivity contribution in [2.45, 2.75) is 25.1 Å². The van der Waals surface area contributed by atoms with E-state index in [2.05, 4.69) is 5.32 Å². The fourth-order valence-corrected chi connectivity index (χ4v) is 3.32. The number of amides is 3. The Hall–Kier alpha value is -2.00. The average Bonchev–Trinajstić information content (AvgIpc) is 2.61. The maximum atomic E-state index is 12.9. The largest absolute Gasteiger partial charge is 0.416 e. The minimum atomic E-state index is -4.52. The van der Waals surface area contributed by atoms with Gasteiger partial charge in [-0.1, -0.05) is 11.6 Å². The molecule has 1 aliphatic heterocycles. The molecule has 28 heavy (non-hydrogen) atoms. The second-order valence-corrected chi connectivity index (χ2v) is 7.47. The molecule has 0 aromatic heterocycles. The summed E-state index contributed by atoms with van der Waals surface area (Å²) in [5, 5.41) is 2.49. The number of halogens is 4. The van der Waals surface area contributed by atoms with Crippen LogP contribution >= 0.6 is 11.6 Å². The summed E-state index contributed by atoms with van der Waals surface area (Å²) in [6.45, 7) is 1.19. The number of alkyl halides is 3. The van der Waals surface area contributed by atoms with Gasteiger partial charge >= 0.3 is 12.2 Å². The van der Waals surface area contributed by atoms with Gasteiger partial charge in [-0.05, 0) is 37.6 Å². The predicted octanol–water partition coefficient (Wildman–Crippen LogP) is 3.38. The summed E-state index contributed by atoms with van der Waals surface area (Å²) < 4.78 is 38.6. The molecule has 0 aliphatic carbocycles. The average molecular weight is 421 g/mol. The Bertz CT molecular complexity index is 727. The minimum absolute atomic E-state index is 0.00701. The number of hydrogen-bond donors (Lipinski definition) is 1. The highest BCUT2D eigenvalue weighted by Crippen LogP contribution is 2.33. The van der Waals surface area contributed by atoms with E-state index in [9.17, 15) is 22.8 Å². The van der Waals surface area contributed by atoms with Crippen molar-refractivity contribution in [1.29, 1.82) is 0 Å². The molecular weight excluding hydrogens is 397 g/mol. The second kappa shape index (κ2) is 9.00. The predicted molar refractivity (Wildman–Crippen MR) is 101 cm³/mol. The molecule has 156 valence electrons. The number of urea groups is 1. The molecule has 10 heteroatoms. The maximum Gasteiger partial charge on any atom is 0.416 e. The van der Waals surface area contributed by atoms with Gasteiger partial charge in [0.25, 0.3) is 0 Å². The molecule has 1 N–H and O–H groups in total. The van der Waals surface area contributed by atoms with Gasteiger partial charge in [-0.3, -0.25) is 9.69 Å². The van der Waals surface area contributed by atoms with Gasteiger partial charge in [-0.2, -0.15) is 13.2 Å². The quantitative estimate of drug-likeness (QED) is 0.812. The number of benzene rings is 1. The van der Waals surface area contributed by atoms with Gasteiger partial charge in [0.15, 0.2) is 0 Å². The van der Waals surface area contributed by atoms with Crippen LogP contribution in [0.15, 0.2) is 18.2 Å². The number of carbonyl (C=O) groups is 2. The molecule has 1 fully saturated rings. The normalized spacial score (nSPS) is 17.9. The van der Waals surface area contributed by atoms with Gasteiger partial charge in [0, 0.05) is 33.7 Å². The van der Waals surface area contributed by atoms with Gasteiger partial charge in [0.1, 0.15) is 0 Å². The van der Waals surface area contributed by atoms with Crippen molar-refractivity contribution in [3.05, 3.63) is 28.8 Å². The molecule has 1 atom stereocenters. The first-order valence-corrected chi connectivity index (χ1v) is 9.20. The number of carbonyl (C=O) groups excluding carboxylic acids is 2. The third-order valence-electron chi connectivity index (χ3n) is 4.65. The van der Waals surface area contributed by atoms with Crippen LogP contribution in [-0.4, -0.2) is 73.5 Å². The van der Waals surface area contributed by atoms with Crippen LogP contribution in [0.2, 0.25) is 5.02 Å². The minimum Gasteiger partial charge on any atom is -0.331 e. The number of nitrogens with zero attached hydrogens (tertiary/aromatic N) is 3. The summed E-state index contributed by atoms with van der Waals surface area (Å²) in [6.07, 6.45) is -2.88. The van der Waals surface area contributed by atoms with E-state index in [1.807, 2.05) is 4.90 Å². The molecule has 1 unspecified atom stereocenters. The van der Waals surface area contributed by atoms with Gasteiger partial charge in [-0.15, -0.1) is 0 Å². The summed E-state index contributed by atoms with van der Waals surface area (Å²) in [5.74, 6) is -0.455. The van der Waals surface area contributed by atoms with Crippen molar-refractivity contribution in [1.82, 2.24) is 14.7 Å². The third kappa shape index (κ3) is 5.75. The van der Waals surface area contributed by atoms with E-state index >= 15 is 0 Å². The molecule has 3 amide bonds. The van der Waals surface area contributed by atoms with Gasteiger partial charge in [0.05, 0.1) is 22.8 Å². The van der Waals surface area contributed by atoms with Crippen LogP contribution in [0.4, 0.5) is 23.7 Å². The van der Waals surface area contributed by atoms with E-state index < -0.39 is 17.6 Å². The van der Waals surface area contributed by atoms with E-state index in [1.165, 1.54) is 4.90 Å². The first-order valence-electron chi connectivity index (χ1n) is 8.82. The summed E-state index contributed by atoms with van der Waals surface area (Å²) in [4.78, 5) is 29.5. The molecule has 1 heterocycles. The van der Waals surface area contributed by atoms with E-state index in [0.29, 0.717) is 13.1 Å². The van der Waals surface area contributed by atoms with Crippen molar-refractivity contribution in [3.8, 4) is 0 Å². The summed E-state index contributed by atoms with van der Waals surface area (Å²) >= 11 is 5.92. The Morgan fingerprint density at radius 3 is 2.57 bits per heavy atom.